The SMILES string of the molecule is O=C(Nc1ccc(F)cc1F)c1occc1CSc1ccccc1. The van der Waals surface area contributed by atoms with Crippen molar-refractivity contribution < 1.29 is 18.0 Å². The number of carbonyl (C=O) groups excluding carboxylic acids is 1. The second-order valence-electron chi connectivity index (χ2n) is 4.95. The molecule has 0 aliphatic heterocycles. The summed E-state index contributed by atoms with van der Waals surface area (Å²) in [5, 5.41) is 2.39. The lowest BCUT2D eigenvalue weighted by Crippen LogP contribution is -2.13. The van der Waals surface area contributed by atoms with Crippen LogP contribution in [0.1, 0.15) is 16.1 Å². The van der Waals surface area contributed by atoms with Crippen LogP contribution in [0.15, 0.2) is 70.2 Å². The number of carbonyl (C=O) groups is 1. The highest BCUT2D eigenvalue weighted by molar-refractivity contribution is 7.98. The lowest BCUT2D eigenvalue weighted by atomic mass is 10.2. The third-order valence-electron chi connectivity index (χ3n) is 3.27. The van der Waals surface area contributed by atoms with Crippen LogP contribution in [-0.2, 0) is 5.75 Å². The van der Waals surface area contributed by atoms with E-state index in [2.05, 4.69) is 5.32 Å². The zero-order valence-electron chi connectivity index (χ0n) is 12.5. The number of amides is 1. The molecule has 1 amide bonds. The lowest BCUT2D eigenvalue weighted by Gasteiger charge is -2.06. The first-order valence-electron chi connectivity index (χ1n) is 7.14. The highest BCUT2D eigenvalue weighted by Crippen LogP contribution is 2.25. The molecule has 0 spiro atoms. The monoisotopic (exact) mass is 345 g/mol. The number of halogens is 2. The molecule has 0 aliphatic rings. The van der Waals surface area contributed by atoms with Crippen molar-refractivity contribution in [3.63, 3.8) is 0 Å². The smallest absolute Gasteiger partial charge is 0.291 e. The molecule has 0 unspecified atom stereocenters. The van der Waals surface area contributed by atoms with Gasteiger partial charge in [-0.2, -0.15) is 0 Å². The van der Waals surface area contributed by atoms with Gasteiger partial charge in [-0.25, -0.2) is 8.78 Å². The zero-order chi connectivity index (χ0) is 16.9. The fourth-order valence-electron chi connectivity index (χ4n) is 2.10. The molecule has 3 rings (SSSR count). The molecule has 0 atom stereocenters. The van der Waals surface area contributed by atoms with Crippen LogP contribution in [0.3, 0.4) is 0 Å². The first kappa shape index (κ1) is 16.3. The fraction of sp³-hybridized carbons (Fsp3) is 0.0556. The van der Waals surface area contributed by atoms with Gasteiger partial charge in [0.05, 0.1) is 12.0 Å². The highest BCUT2D eigenvalue weighted by atomic mass is 32.2. The molecule has 1 aromatic heterocycles. The van der Waals surface area contributed by atoms with Crippen LogP contribution in [0.4, 0.5) is 14.5 Å². The van der Waals surface area contributed by atoms with Crippen LogP contribution in [0.2, 0.25) is 0 Å². The van der Waals surface area contributed by atoms with E-state index >= 15 is 0 Å². The normalized spacial score (nSPS) is 10.6. The Morgan fingerprint density at radius 2 is 1.88 bits per heavy atom. The Morgan fingerprint density at radius 3 is 2.62 bits per heavy atom. The van der Waals surface area contributed by atoms with E-state index in [4.69, 9.17) is 4.42 Å². The summed E-state index contributed by atoms with van der Waals surface area (Å²) in [6.07, 6.45) is 1.41. The third kappa shape index (κ3) is 3.83. The van der Waals surface area contributed by atoms with Gasteiger partial charge in [0.15, 0.2) is 5.76 Å². The summed E-state index contributed by atoms with van der Waals surface area (Å²) in [5.74, 6) is -1.47. The van der Waals surface area contributed by atoms with Gasteiger partial charge in [-0.3, -0.25) is 4.79 Å². The molecule has 6 heteroatoms. The fourth-order valence-corrected chi connectivity index (χ4v) is 3.00. The van der Waals surface area contributed by atoms with E-state index in [0.29, 0.717) is 17.4 Å². The average Bonchev–Trinajstić information content (AvgIpc) is 3.05. The summed E-state index contributed by atoms with van der Waals surface area (Å²) in [6.45, 7) is 0. The van der Waals surface area contributed by atoms with Crippen LogP contribution in [0.25, 0.3) is 0 Å². The van der Waals surface area contributed by atoms with Crippen molar-refractivity contribution in [1.82, 2.24) is 0 Å². The van der Waals surface area contributed by atoms with Crippen molar-refractivity contribution in [3.05, 3.63) is 83.8 Å². The van der Waals surface area contributed by atoms with E-state index in [-0.39, 0.29) is 11.4 Å². The Kier molecular flexibility index (Phi) is 4.96. The second-order valence-corrected chi connectivity index (χ2v) is 6.00. The summed E-state index contributed by atoms with van der Waals surface area (Å²) in [5.41, 5.74) is 0.600. The Balaban J connectivity index is 1.71. The van der Waals surface area contributed by atoms with Gasteiger partial charge >= 0.3 is 0 Å². The summed E-state index contributed by atoms with van der Waals surface area (Å²) in [7, 11) is 0. The van der Waals surface area contributed by atoms with Crippen LogP contribution in [-0.4, -0.2) is 5.91 Å². The molecular formula is C18H13F2NO2S. The van der Waals surface area contributed by atoms with Gasteiger partial charge in [0, 0.05) is 22.3 Å². The molecule has 1 N–H and O–H groups in total. The molecule has 0 saturated carbocycles. The first-order valence-corrected chi connectivity index (χ1v) is 8.12. The largest absolute Gasteiger partial charge is 0.459 e. The number of nitrogens with one attached hydrogen (secondary N) is 1. The molecule has 3 nitrogen and oxygen atoms in total. The number of hydrogen-bond acceptors (Lipinski definition) is 3. The van der Waals surface area contributed by atoms with Gasteiger partial charge in [-0.1, -0.05) is 18.2 Å². The van der Waals surface area contributed by atoms with E-state index in [1.54, 1.807) is 17.8 Å². The number of hydrogen-bond donors (Lipinski definition) is 1. The third-order valence-corrected chi connectivity index (χ3v) is 4.33. The Hall–Kier alpha value is -2.60. The van der Waals surface area contributed by atoms with Gasteiger partial charge in [0.1, 0.15) is 11.6 Å². The summed E-state index contributed by atoms with van der Waals surface area (Å²) in [4.78, 5) is 13.3. The predicted molar refractivity (Wildman–Crippen MR) is 89.0 cm³/mol. The van der Waals surface area contributed by atoms with Gasteiger partial charge < -0.3 is 9.73 Å². The molecule has 0 radical (unpaired) electrons. The summed E-state index contributed by atoms with van der Waals surface area (Å²) in [6, 6.07) is 14.4. The van der Waals surface area contributed by atoms with Gasteiger partial charge in [0.25, 0.3) is 5.91 Å². The average molecular weight is 345 g/mol. The van der Waals surface area contributed by atoms with Crippen LogP contribution in [0.5, 0.6) is 0 Å². The van der Waals surface area contributed by atoms with Gasteiger partial charge in [-0.05, 0) is 30.3 Å². The quantitative estimate of drug-likeness (QED) is 0.654. The summed E-state index contributed by atoms with van der Waals surface area (Å²) < 4.78 is 31.8. The minimum absolute atomic E-state index is 0.0977. The lowest BCUT2D eigenvalue weighted by molar-refractivity contribution is 0.0995. The van der Waals surface area contributed by atoms with Crippen molar-refractivity contribution >= 4 is 23.4 Å². The molecular weight excluding hydrogens is 332 g/mol. The Bertz CT molecular complexity index is 849. The topological polar surface area (TPSA) is 42.2 Å². The van der Waals surface area contributed by atoms with Crippen molar-refractivity contribution in [2.45, 2.75) is 10.6 Å². The highest BCUT2D eigenvalue weighted by Gasteiger charge is 2.17. The molecule has 0 saturated heterocycles. The summed E-state index contributed by atoms with van der Waals surface area (Å²) >= 11 is 1.56. The minimum atomic E-state index is -0.838. The van der Waals surface area contributed by atoms with Crippen molar-refractivity contribution in [2.75, 3.05) is 5.32 Å². The number of benzene rings is 2. The Morgan fingerprint density at radius 1 is 1.08 bits per heavy atom. The standard InChI is InChI=1S/C18H13F2NO2S/c19-13-6-7-16(15(20)10-13)21-18(22)17-12(8-9-23-17)11-24-14-4-2-1-3-5-14/h1-10H,11H2,(H,21,22). The molecule has 24 heavy (non-hydrogen) atoms. The predicted octanol–water partition coefficient (Wildman–Crippen LogP) is 5.10. The number of rotatable bonds is 5. The molecule has 3 aromatic rings. The van der Waals surface area contributed by atoms with E-state index in [1.807, 2.05) is 30.3 Å². The molecule has 0 fully saturated rings. The second kappa shape index (κ2) is 7.31. The Labute approximate surface area is 141 Å². The van der Waals surface area contributed by atoms with E-state index < -0.39 is 17.5 Å². The molecule has 2 aromatic carbocycles. The number of thioether (sulfide) groups is 1. The van der Waals surface area contributed by atoms with Gasteiger partial charge in [0.2, 0.25) is 0 Å². The molecule has 122 valence electrons. The van der Waals surface area contributed by atoms with Crippen molar-refractivity contribution in [2.24, 2.45) is 0 Å². The zero-order valence-corrected chi connectivity index (χ0v) is 13.3. The van der Waals surface area contributed by atoms with Crippen LogP contribution >= 0.6 is 11.8 Å². The van der Waals surface area contributed by atoms with E-state index in [0.717, 1.165) is 11.0 Å². The minimum Gasteiger partial charge on any atom is -0.459 e. The maximum Gasteiger partial charge on any atom is 0.291 e. The van der Waals surface area contributed by atoms with Crippen molar-refractivity contribution in [1.29, 1.82) is 0 Å². The van der Waals surface area contributed by atoms with Gasteiger partial charge in [-0.15, -0.1) is 11.8 Å². The maximum atomic E-state index is 13.6. The number of furan rings is 1. The van der Waals surface area contributed by atoms with Crippen LogP contribution in [0, 0.1) is 11.6 Å². The molecule has 0 bridgehead atoms. The van der Waals surface area contributed by atoms with E-state index in [1.165, 1.54) is 12.3 Å². The maximum absolute atomic E-state index is 13.6. The van der Waals surface area contributed by atoms with E-state index in [9.17, 15) is 13.6 Å². The van der Waals surface area contributed by atoms with Crippen molar-refractivity contribution in [3.8, 4) is 0 Å². The molecule has 1 heterocycles. The number of anilines is 1. The molecule has 0 aliphatic carbocycles. The first-order chi connectivity index (χ1) is 11.6. The van der Waals surface area contributed by atoms with Crippen LogP contribution < -0.4 is 5.32 Å².